The molecule has 0 aromatic carbocycles. The summed E-state index contributed by atoms with van der Waals surface area (Å²) in [6.07, 6.45) is 1.85. The van der Waals surface area contributed by atoms with Gasteiger partial charge in [0, 0.05) is 17.5 Å². The number of nitrogens with zero attached hydrogens (tertiary/aromatic N) is 1. The van der Waals surface area contributed by atoms with Gasteiger partial charge in [-0.1, -0.05) is 6.07 Å². The second-order valence-corrected chi connectivity index (χ2v) is 7.97. The first-order valence-corrected chi connectivity index (χ1v) is 9.21. The van der Waals surface area contributed by atoms with Crippen LogP contribution >= 0.6 is 11.3 Å². The predicted molar refractivity (Wildman–Crippen MR) is 81.5 cm³/mol. The molecule has 2 aromatic heterocycles. The predicted octanol–water partition coefficient (Wildman–Crippen LogP) is 2.41. The van der Waals surface area contributed by atoms with Crippen LogP contribution in [-0.2, 0) is 23.1 Å². The van der Waals surface area contributed by atoms with Gasteiger partial charge in [0.1, 0.15) is 5.76 Å². The van der Waals surface area contributed by atoms with Crippen molar-refractivity contribution < 1.29 is 12.8 Å². The highest BCUT2D eigenvalue weighted by atomic mass is 32.2. The second-order valence-electron chi connectivity index (χ2n) is 5.11. The van der Waals surface area contributed by atoms with E-state index in [9.17, 15) is 8.42 Å². The molecule has 1 aliphatic carbocycles. The molecular weight excluding hydrogens is 308 g/mol. The van der Waals surface area contributed by atoms with Gasteiger partial charge in [0.05, 0.1) is 6.54 Å². The van der Waals surface area contributed by atoms with Crippen LogP contribution in [0.5, 0.6) is 0 Å². The highest BCUT2D eigenvalue weighted by molar-refractivity contribution is 7.89. The first-order chi connectivity index (χ1) is 10.1. The molecule has 7 heteroatoms. The Morgan fingerprint density at radius 2 is 2.19 bits per heavy atom. The standard InChI is InChI=1S/C14H18N2O3S2/c1-15-9-12-6-7-14(19-12)21(17,18)16(11-4-5-11)10-13-3-2-8-20-13/h2-3,6-8,11,15H,4-5,9-10H2,1H3. The van der Waals surface area contributed by atoms with Gasteiger partial charge in [0.15, 0.2) is 0 Å². The van der Waals surface area contributed by atoms with E-state index in [1.165, 1.54) is 0 Å². The van der Waals surface area contributed by atoms with E-state index in [1.54, 1.807) is 34.8 Å². The third-order valence-electron chi connectivity index (χ3n) is 3.40. The van der Waals surface area contributed by atoms with Gasteiger partial charge in [-0.05, 0) is 43.5 Å². The summed E-state index contributed by atoms with van der Waals surface area (Å²) >= 11 is 1.57. The molecule has 0 unspecified atom stereocenters. The smallest absolute Gasteiger partial charge is 0.277 e. The summed E-state index contributed by atoms with van der Waals surface area (Å²) in [5.41, 5.74) is 0. The van der Waals surface area contributed by atoms with E-state index in [0.717, 1.165) is 17.7 Å². The van der Waals surface area contributed by atoms with E-state index in [4.69, 9.17) is 4.42 Å². The lowest BCUT2D eigenvalue weighted by atomic mass is 10.4. The minimum Gasteiger partial charge on any atom is -0.447 e. The van der Waals surface area contributed by atoms with Crippen LogP contribution in [-0.4, -0.2) is 25.8 Å². The topological polar surface area (TPSA) is 62.6 Å². The number of hydrogen-bond donors (Lipinski definition) is 1. The highest BCUT2D eigenvalue weighted by Crippen LogP contribution is 2.34. The molecule has 114 valence electrons. The van der Waals surface area contributed by atoms with Crippen LogP contribution in [0, 0.1) is 0 Å². The Balaban J connectivity index is 1.85. The maximum absolute atomic E-state index is 12.8. The van der Waals surface area contributed by atoms with Gasteiger partial charge in [0.25, 0.3) is 10.0 Å². The van der Waals surface area contributed by atoms with E-state index in [-0.39, 0.29) is 11.1 Å². The van der Waals surface area contributed by atoms with E-state index in [1.807, 2.05) is 17.5 Å². The zero-order chi connectivity index (χ0) is 14.9. The van der Waals surface area contributed by atoms with Gasteiger partial charge in [-0.25, -0.2) is 8.42 Å². The molecule has 1 aliphatic rings. The molecule has 5 nitrogen and oxygen atoms in total. The van der Waals surface area contributed by atoms with Gasteiger partial charge in [0.2, 0.25) is 5.09 Å². The molecule has 0 radical (unpaired) electrons. The van der Waals surface area contributed by atoms with Crippen LogP contribution in [0.25, 0.3) is 0 Å². The molecule has 0 spiro atoms. The van der Waals surface area contributed by atoms with E-state index in [2.05, 4.69) is 5.32 Å². The normalized spacial score (nSPS) is 15.7. The third-order valence-corrected chi connectivity index (χ3v) is 6.03. The molecule has 1 N–H and O–H groups in total. The lowest BCUT2D eigenvalue weighted by Crippen LogP contribution is -2.32. The Labute approximate surface area is 128 Å². The van der Waals surface area contributed by atoms with E-state index in [0.29, 0.717) is 18.8 Å². The molecule has 3 rings (SSSR count). The van der Waals surface area contributed by atoms with Crippen molar-refractivity contribution in [2.24, 2.45) is 0 Å². The number of nitrogens with one attached hydrogen (secondary N) is 1. The maximum atomic E-state index is 12.8. The first-order valence-electron chi connectivity index (χ1n) is 6.89. The minimum absolute atomic E-state index is 0.0382. The number of furan rings is 1. The van der Waals surface area contributed by atoms with Gasteiger partial charge < -0.3 is 9.73 Å². The van der Waals surface area contributed by atoms with Crippen molar-refractivity contribution in [3.63, 3.8) is 0 Å². The summed E-state index contributed by atoms with van der Waals surface area (Å²) in [4.78, 5) is 1.05. The second kappa shape index (κ2) is 5.92. The molecule has 2 aromatic rings. The molecule has 0 amide bonds. The van der Waals surface area contributed by atoms with E-state index < -0.39 is 10.0 Å². The lowest BCUT2D eigenvalue weighted by molar-refractivity contribution is 0.358. The zero-order valence-electron chi connectivity index (χ0n) is 11.8. The molecule has 0 bridgehead atoms. The van der Waals surface area contributed by atoms with Crippen molar-refractivity contribution in [2.75, 3.05) is 7.05 Å². The Morgan fingerprint density at radius 3 is 2.81 bits per heavy atom. The van der Waals surface area contributed by atoms with Crippen LogP contribution in [0.2, 0.25) is 0 Å². The van der Waals surface area contributed by atoms with Crippen molar-refractivity contribution >= 4 is 21.4 Å². The van der Waals surface area contributed by atoms with Crippen LogP contribution < -0.4 is 5.32 Å². The van der Waals surface area contributed by atoms with Crippen molar-refractivity contribution in [3.05, 3.63) is 40.3 Å². The summed E-state index contributed by atoms with van der Waals surface area (Å²) in [5, 5.41) is 4.95. The SMILES string of the molecule is CNCc1ccc(S(=O)(=O)N(Cc2cccs2)C2CC2)o1. The lowest BCUT2D eigenvalue weighted by Gasteiger charge is -2.19. The molecule has 0 aliphatic heterocycles. The minimum atomic E-state index is -3.57. The Hall–Kier alpha value is -1.15. The Bertz CT molecular complexity index is 688. The molecule has 0 saturated heterocycles. The Kier molecular flexibility index (Phi) is 4.17. The summed E-state index contributed by atoms with van der Waals surface area (Å²) in [6.45, 7) is 0.941. The average molecular weight is 326 g/mol. The number of sulfonamides is 1. The number of hydrogen-bond acceptors (Lipinski definition) is 5. The molecule has 2 heterocycles. The van der Waals surface area contributed by atoms with Crippen molar-refractivity contribution in [1.82, 2.24) is 9.62 Å². The fourth-order valence-electron chi connectivity index (χ4n) is 2.21. The molecule has 1 fully saturated rings. The monoisotopic (exact) mass is 326 g/mol. The average Bonchev–Trinajstić information content (AvgIpc) is 2.96. The van der Waals surface area contributed by atoms with E-state index >= 15 is 0 Å². The van der Waals surface area contributed by atoms with Crippen LogP contribution in [0.15, 0.2) is 39.2 Å². The zero-order valence-corrected chi connectivity index (χ0v) is 13.4. The summed E-state index contributed by atoms with van der Waals surface area (Å²) < 4.78 is 32.6. The van der Waals surface area contributed by atoms with Gasteiger partial charge in [-0.3, -0.25) is 0 Å². The molecule has 21 heavy (non-hydrogen) atoms. The first kappa shape index (κ1) is 14.8. The van der Waals surface area contributed by atoms with Crippen molar-refractivity contribution in [3.8, 4) is 0 Å². The van der Waals surface area contributed by atoms with Crippen molar-refractivity contribution in [1.29, 1.82) is 0 Å². The third kappa shape index (κ3) is 3.21. The van der Waals surface area contributed by atoms with Gasteiger partial charge in [-0.15, -0.1) is 11.3 Å². The van der Waals surface area contributed by atoms with Crippen LogP contribution in [0.1, 0.15) is 23.5 Å². The fourth-order valence-corrected chi connectivity index (χ4v) is 4.59. The molecular formula is C14H18N2O3S2. The largest absolute Gasteiger partial charge is 0.447 e. The highest BCUT2D eigenvalue weighted by Gasteiger charge is 2.39. The van der Waals surface area contributed by atoms with Gasteiger partial charge >= 0.3 is 0 Å². The number of rotatable bonds is 7. The maximum Gasteiger partial charge on any atom is 0.277 e. The summed E-state index contributed by atoms with van der Waals surface area (Å²) in [6, 6.07) is 7.26. The van der Waals surface area contributed by atoms with Gasteiger partial charge in [-0.2, -0.15) is 4.31 Å². The van der Waals surface area contributed by atoms with Crippen LogP contribution in [0.4, 0.5) is 0 Å². The molecule has 0 atom stereocenters. The fraction of sp³-hybridized carbons (Fsp3) is 0.429. The van der Waals surface area contributed by atoms with Crippen LogP contribution in [0.3, 0.4) is 0 Å². The number of thiophene rings is 1. The molecule has 1 saturated carbocycles. The quantitative estimate of drug-likeness (QED) is 0.849. The summed E-state index contributed by atoms with van der Waals surface area (Å²) in [5.74, 6) is 0.628. The van der Waals surface area contributed by atoms with Crippen molar-refractivity contribution in [2.45, 2.75) is 37.1 Å². The summed E-state index contributed by atoms with van der Waals surface area (Å²) in [7, 11) is -1.77. The Morgan fingerprint density at radius 1 is 1.38 bits per heavy atom.